The van der Waals surface area contributed by atoms with Crippen molar-refractivity contribution >= 4 is 12.0 Å². The van der Waals surface area contributed by atoms with Crippen molar-refractivity contribution in [2.45, 2.75) is 13.5 Å². The van der Waals surface area contributed by atoms with Crippen molar-refractivity contribution in [2.24, 2.45) is 0 Å². The lowest BCUT2D eigenvalue weighted by atomic mass is 10.4. The Hall–Kier alpha value is -2.05. The number of nitrogens with zero attached hydrogens (tertiary/aromatic N) is 3. The molecule has 0 saturated carbocycles. The highest BCUT2D eigenvalue weighted by molar-refractivity contribution is 5.79. The molecule has 17 heavy (non-hydrogen) atoms. The van der Waals surface area contributed by atoms with E-state index < -0.39 is 12.0 Å². The smallest absolute Gasteiger partial charge is 0.323 e. The van der Waals surface area contributed by atoms with E-state index in [1.54, 1.807) is 10.9 Å². The second-order valence-electron chi connectivity index (χ2n) is 3.76. The Morgan fingerprint density at radius 3 is 2.82 bits per heavy atom. The maximum atomic E-state index is 11.4. The minimum atomic E-state index is -1.04. The van der Waals surface area contributed by atoms with Crippen LogP contribution in [-0.4, -0.2) is 51.9 Å². The van der Waals surface area contributed by atoms with Crippen molar-refractivity contribution in [3.05, 3.63) is 18.0 Å². The van der Waals surface area contributed by atoms with Crippen LogP contribution in [0.3, 0.4) is 0 Å². The summed E-state index contributed by atoms with van der Waals surface area (Å²) in [5, 5.41) is 15.2. The van der Waals surface area contributed by atoms with Crippen LogP contribution < -0.4 is 5.32 Å². The Bertz CT molecular complexity index is 402. The van der Waals surface area contributed by atoms with E-state index in [2.05, 4.69) is 10.4 Å². The van der Waals surface area contributed by atoms with Crippen molar-refractivity contribution in [3.8, 4) is 0 Å². The number of carboxylic acid groups (broad SMARTS) is 1. The van der Waals surface area contributed by atoms with E-state index in [-0.39, 0.29) is 6.54 Å². The van der Waals surface area contributed by atoms with E-state index in [9.17, 15) is 9.59 Å². The second-order valence-corrected chi connectivity index (χ2v) is 3.76. The van der Waals surface area contributed by atoms with Gasteiger partial charge in [-0.15, -0.1) is 0 Å². The Kier molecular flexibility index (Phi) is 4.50. The molecular formula is C10H16N4O3. The van der Waals surface area contributed by atoms with Crippen molar-refractivity contribution in [3.63, 3.8) is 0 Å². The monoisotopic (exact) mass is 240 g/mol. The zero-order chi connectivity index (χ0) is 12.8. The fraction of sp³-hybridized carbons (Fsp3) is 0.500. The van der Waals surface area contributed by atoms with Gasteiger partial charge in [-0.25, -0.2) is 4.79 Å². The van der Waals surface area contributed by atoms with Gasteiger partial charge in [-0.3, -0.25) is 9.48 Å². The van der Waals surface area contributed by atoms with E-state index in [1.807, 2.05) is 13.1 Å². The standard InChI is InChI=1S/C10H16N4O3/c1-8-5-12-14(6-8)4-3-11-10(17)13(2)7-9(15)16/h5-6H,3-4,7H2,1-2H3,(H,11,17)(H,15,16). The number of nitrogens with one attached hydrogen (secondary N) is 1. The predicted molar refractivity (Wildman–Crippen MR) is 60.6 cm³/mol. The van der Waals surface area contributed by atoms with Crippen molar-refractivity contribution in [1.29, 1.82) is 0 Å². The fourth-order valence-corrected chi connectivity index (χ4v) is 1.28. The minimum Gasteiger partial charge on any atom is -0.480 e. The molecule has 1 aromatic heterocycles. The predicted octanol–water partition coefficient (Wildman–Crippen LogP) is -0.0825. The third kappa shape index (κ3) is 4.54. The first-order valence-corrected chi connectivity index (χ1v) is 5.19. The first-order valence-electron chi connectivity index (χ1n) is 5.19. The summed E-state index contributed by atoms with van der Waals surface area (Å²) in [6.45, 7) is 2.58. The lowest BCUT2D eigenvalue weighted by Gasteiger charge is -2.15. The molecule has 0 aliphatic heterocycles. The molecule has 1 rings (SSSR count). The number of rotatable bonds is 5. The highest BCUT2D eigenvalue weighted by Gasteiger charge is 2.10. The quantitative estimate of drug-likeness (QED) is 0.753. The Labute approximate surface area is 99.0 Å². The number of likely N-dealkylation sites (N-methyl/N-ethyl adjacent to an activating group) is 1. The van der Waals surface area contributed by atoms with Gasteiger partial charge < -0.3 is 15.3 Å². The number of aromatic nitrogens is 2. The van der Waals surface area contributed by atoms with Crippen molar-refractivity contribution in [1.82, 2.24) is 20.0 Å². The Morgan fingerprint density at radius 1 is 1.59 bits per heavy atom. The molecule has 0 aliphatic carbocycles. The summed E-state index contributed by atoms with van der Waals surface area (Å²) >= 11 is 0. The van der Waals surface area contributed by atoms with Crippen LogP contribution in [0.4, 0.5) is 4.79 Å². The summed E-state index contributed by atoms with van der Waals surface area (Å²) in [5.74, 6) is -1.04. The molecule has 0 fully saturated rings. The van der Waals surface area contributed by atoms with Gasteiger partial charge in [0.1, 0.15) is 6.54 Å². The Morgan fingerprint density at radius 2 is 2.29 bits per heavy atom. The van der Waals surface area contributed by atoms with Crippen LogP contribution in [0, 0.1) is 6.92 Å². The molecule has 7 heteroatoms. The number of carboxylic acids is 1. The SMILES string of the molecule is Cc1cnn(CCNC(=O)N(C)CC(=O)O)c1. The summed E-state index contributed by atoms with van der Waals surface area (Å²) < 4.78 is 1.72. The Balaban J connectivity index is 2.26. The normalized spacial score (nSPS) is 10.0. The van der Waals surface area contributed by atoms with Crippen LogP contribution in [0.1, 0.15) is 5.56 Å². The van der Waals surface area contributed by atoms with Gasteiger partial charge in [0.15, 0.2) is 0 Å². The third-order valence-corrected chi connectivity index (χ3v) is 2.10. The molecule has 0 atom stereocenters. The molecule has 0 aromatic carbocycles. The summed E-state index contributed by atoms with van der Waals surface area (Å²) in [7, 11) is 1.43. The number of aliphatic carboxylic acids is 1. The van der Waals surface area contributed by atoms with Crippen LogP contribution in [0.5, 0.6) is 0 Å². The number of aryl methyl sites for hydroxylation is 1. The first kappa shape index (κ1) is 13.0. The van der Waals surface area contributed by atoms with Crippen LogP contribution >= 0.6 is 0 Å². The molecule has 2 amide bonds. The first-order chi connectivity index (χ1) is 7.99. The number of hydrogen-bond acceptors (Lipinski definition) is 3. The third-order valence-electron chi connectivity index (χ3n) is 2.10. The molecule has 0 saturated heterocycles. The van der Waals surface area contributed by atoms with Gasteiger partial charge in [0.25, 0.3) is 0 Å². The van der Waals surface area contributed by atoms with Gasteiger partial charge in [0.2, 0.25) is 0 Å². The van der Waals surface area contributed by atoms with Gasteiger partial charge in [0.05, 0.1) is 12.7 Å². The zero-order valence-corrected chi connectivity index (χ0v) is 9.88. The van der Waals surface area contributed by atoms with Gasteiger partial charge in [-0.1, -0.05) is 0 Å². The average molecular weight is 240 g/mol. The molecular weight excluding hydrogens is 224 g/mol. The van der Waals surface area contributed by atoms with Crippen LogP contribution in [0.25, 0.3) is 0 Å². The van der Waals surface area contributed by atoms with E-state index in [1.165, 1.54) is 7.05 Å². The molecule has 1 heterocycles. The molecule has 7 nitrogen and oxygen atoms in total. The van der Waals surface area contributed by atoms with Crippen molar-refractivity contribution < 1.29 is 14.7 Å². The van der Waals surface area contributed by atoms with Crippen molar-refractivity contribution in [2.75, 3.05) is 20.1 Å². The highest BCUT2D eigenvalue weighted by Crippen LogP contribution is 1.93. The lowest BCUT2D eigenvalue weighted by molar-refractivity contribution is -0.137. The molecule has 0 spiro atoms. The summed E-state index contributed by atoms with van der Waals surface area (Å²) in [6, 6.07) is -0.406. The zero-order valence-electron chi connectivity index (χ0n) is 9.88. The molecule has 2 N–H and O–H groups in total. The topological polar surface area (TPSA) is 87.5 Å². The molecule has 0 aliphatic rings. The number of carbonyl (C=O) groups is 2. The maximum Gasteiger partial charge on any atom is 0.323 e. The number of amides is 2. The highest BCUT2D eigenvalue weighted by atomic mass is 16.4. The van der Waals surface area contributed by atoms with E-state index in [0.29, 0.717) is 13.1 Å². The van der Waals surface area contributed by atoms with Gasteiger partial charge in [0, 0.05) is 19.8 Å². The average Bonchev–Trinajstić information content (AvgIpc) is 2.63. The van der Waals surface area contributed by atoms with Gasteiger partial charge in [-0.2, -0.15) is 5.10 Å². The van der Waals surface area contributed by atoms with E-state index in [4.69, 9.17) is 5.11 Å². The summed E-state index contributed by atoms with van der Waals surface area (Å²) in [4.78, 5) is 22.9. The molecule has 0 unspecified atom stereocenters. The number of urea groups is 1. The molecule has 94 valence electrons. The minimum absolute atomic E-state index is 0.313. The number of carbonyl (C=O) groups excluding carboxylic acids is 1. The van der Waals surface area contributed by atoms with E-state index in [0.717, 1.165) is 10.5 Å². The molecule has 0 radical (unpaired) electrons. The van der Waals surface area contributed by atoms with Crippen LogP contribution in [0.15, 0.2) is 12.4 Å². The van der Waals surface area contributed by atoms with Gasteiger partial charge in [-0.05, 0) is 12.5 Å². The summed E-state index contributed by atoms with van der Waals surface area (Å²) in [5.41, 5.74) is 1.05. The van der Waals surface area contributed by atoms with E-state index >= 15 is 0 Å². The summed E-state index contributed by atoms with van der Waals surface area (Å²) in [6.07, 6.45) is 3.60. The largest absolute Gasteiger partial charge is 0.480 e. The molecule has 1 aromatic rings. The molecule has 0 bridgehead atoms. The van der Waals surface area contributed by atoms with Gasteiger partial charge >= 0.3 is 12.0 Å². The fourth-order valence-electron chi connectivity index (χ4n) is 1.28. The second kappa shape index (κ2) is 5.88. The van der Waals surface area contributed by atoms with Crippen LogP contribution in [-0.2, 0) is 11.3 Å². The maximum absolute atomic E-state index is 11.4. The number of hydrogen-bond donors (Lipinski definition) is 2. The lowest BCUT2D eigenvalue weighted by Crippen LogP contribution is -2.41. The van der Waals surface area contributed by atoms with Crippen LogP contribution in [0.2, 0.25) is 0 Å².